The Bertz CT molecular complexity index is 444. The van der Waals surface area contributed by atoms with Gasteiger partial charge in [-0.2, -0.15) is 0 Å². The maximum absolute atomic E-state index is 12.7. The van der Waals surface area contributed by atoms with Crippen LogP contribution in [0.3, 0.4) is 0 Å². The topological polar surface area (TPSA) is 46.0 Å². The highest BCUT2D eigenvalue weighted by molar-refractivity contribution is 5.19. The molecule has 1 heterocycles. The van der Waals surface area contributed by atoms with Crippen molar-refractivity contribution < 1.29 is 9.50 Å². The van der Waals surface area contributed by atoms with Crippen LogP contribution in [0, 0.1) is 5.82 Å². The largest absolute Gasteiger partial charge is 0.388 e. The van der Waals surface area contributed by atoms with Gasteiger partial charge in [0.25, 0.3) is 0 Å². The number of hydrogen-bond donors (Lipinski definition) is 1. The van der Waals surface area contributed by atoms with E-state index in [0.717, 1.165) is 5.56 Å². The molecule has 1 N–H and O–H groups in total. The summed E-state index contributed by atoms with van der Waals surface area (Å²) < 4.78 is 12.7. The van der Waals surface area contributed by atoms with E-state index in [-0.39, 0.29) is 5.82 Å². The summed E-state index contributed by atoms with van der Waals surface area (Å²) in [5.74, 6) is -0.277. The third-order valence-electron chi connectivity index (χ3n) is 2.31. The van der Waals surface area contributed by atoms with Crippen molar-refractivity contribution in [3.05, 3.63) is 59.9 Å². The van der Waals surface area contributed by atoms with Crippen molar-refractivity contribution in [1.29, 1.82) is 0 Å². The Morgan fingerprint density at radius 3 is 2.38 bits per heavy atom. The fourth-order valence-corrected chi connectivity index (χ4v) is 1.44. The summed E-state index contributed by atoms with van der Waals surface area (Å²) >= 11 is 0. The van der Waals surface area contributed by atoms with Crippen LogP contribution >= 0.6 is 0 Å². The molecule has 0 bridgehead atoms. The molecule has 1 atom stereocenters. The van der Waals surface area contributed by atoms with Crippen LogP contribution in [0.25, 0.3) is 0 Å². The second-order valence-electron chi connectivity index (χ2n) is 3.52. The summed E-state index contributed by atoms with van der Waals surface area (Å²) in [6.45, 7) is 0. The van der Waals surface area contributed by atoms with Crippen molar-refractivity contribution in [1.82, 2.24) is 9.97 Å². The Kier molecular flexibility index (Phi) is 3.22. The molecule has 0 aliphatic carbocycles. The normalized spacial score (nSPS) is 12.4. The van der Waals surface area contributed by atoms with Crippen molar-refractivity contribution in [3.8, 4) is 0 Å². The van der Waals surface area contributed by atoms with Crippen molar-refractivity contribution in [3.63, 3.8) is 0 Å². The van der Waals surface area contributed by atoms with E-state index in [1.54, 1.807) is 24.5 Å². The lowest BCUT2D eigenvalue weighted by atomic mass is 10.0. The van der Waals surface area contributed by atoms with E-state index in [4.69, 9.17) is 0 Å². The second kappa shape index (κ2) is 4.81. The minimum Gasteiger partial charge on any atom is -0.388 e. The van der Waals surface area contributed by atoms with Crippen LogP contribution in [0.4, 0.5) is 4.39 Å². The van der Waals surface area contributed by atoms with Gasteiger partial charge in [-0.05, 0) is 17.7 Å². The molecule has 0 aliphatic rings. The zero-order valence-electron chi connectivity index (χ0n) is 8.55. The van der Waals surface area contributed by atoms with Crippen molar-refractivity contribution in [2.24, 2.45) is 0 Å². The average Bonchev–Trinajstić information content (AvgIpc) is 2.33. The van der Waals surface area contributed by atoms with Crippen LogP contribution in [-0.2, 0) is 6.42 Å². The molecule has 2 aromatic rings. The smallest absolute Gasteiger partial charge is 0.123 e. The minimum absolute atomic E-state index is 0.277. The molecule has 3 nitrogen and oxygen atoms in total. The summed E-state index contributed by atoms with van der Waals surface area (Å²) in [6, 6.07) is 6.07. The first kappa shape index (κ1) is 10.7. The van der Waals surface area contributed by atoms with Gasteiger partial charge < -0.3 is 5.11 Å². The van der Waals surface area contributed by atoms with Crippen molar-refractivity contribution in [2.45, 2.75) is 12.5 Å². The standard InChI is InChI=1S/C12H11FN2O/c13-11-3-1-9(2-4-11)5-12(16)10-6-14-8-15-7-10/h1-4,6-8,12,16H,5H2. The Balaban J connectivity index is 2.08. The molecule has 82 valence electrons. The summed E-state index contributed by atoms with van der Waals surface area (Å²) in [5, 5.41) is 9.87. The number of benzene rings is 1. The van der Waals surface area contributed by atoms with Gasteiger partial charge in [0.1, 0.15) is 12.1 Å². The molecule has 1 unspecified atom stereocenters. The molecule has 0 spiro atoms. The van der Waals surface area contributed by atoms with E-state index >= 15 is 0 Å². The first-order valence-corrected chi connectivity index (χ1v) is 4.93. The number of aliphatic hydroxyl groups is 1. The molecule has 0 radical (unpaired) electrons. The Labute approximate surface area is 92.6 Å². The number of hydrogen-bond acceptors (Lipinski definition) is 3. The molecule has 0 saturated heterocycles. The van der Waals surface area contributed by atoms with Crippen LogP contribution in [0.5, 0.6) is 0 Å². The molecular weight excluding hydrogens is 207 g/mol. The molecule has 1 aromatic carbocycles. The van der Waals surface area contributed by atoms with Gasteiger partial charge in [0.15, 0.2) is 0 Å². The van der Waals surface area contributed by atoms with E-state index in [9.17, 15) is 9.50 Å². The number of nitrogens with zero attached hydrogens (tertiary/aromatic N) is 2. The fraction of sp³-hybridized carbons (Fsp3) is 0.167. The lowest BCUT2D eigenvalue weighted by Gasteiger charge is -2.09. The predicted molar refractivity (Wildman–Crippen MR) is 57.1 cm³/mol. The van der Waals surface area contributed by atoms with E-state index < -0.39 is 6.10 Å². The van der Waals surface area contributed by atoms with Gasteiger partial charge in [0.05, 0.1) is 6.10 Å². The Morgan fingerprint density at radius 1 is 1.12 bits per heavy atom. The summed E-state index contributed by atoms with van der Waals surface area (Å²) in [7, 11) is 0. The van der Waals surface area contributed by atoms with Gasteiger partial charge in [-0.3, -0.25) is 0 Å². The summed E-state index contributed by atoms with van der Waals surface area (Å²) in [6.07, 6.45) is 4.32. The molecule has 0 amide bonds. The number of halogens is 1. The average molecular weight is 218 g/mol. The van der Waals surface area contributed by atoms with Crippen LogP contribution in [0.2, 0.25) is 0 Å². The van der Waals surface area contributed by atoms with Crippen LogP contribution < -0.4 is 0 Å². The number of aliphatic hydroxyl groups excluding tert-OH is 1. The summed E-state index contributed by atoms with van der Waals surface area (Å²) in [4.78, 5) is 7.66. The predicted octanol–water partition coefficient (Wildman–Crippen LogP) is 1.89. The lowest BCUT2D eigenvalue weighted by Crippen LogP contribution is -2.02. The van der Waals surface area contributed by atoms with Gasteiger partial charge in [-0.1, -0.05) is 12.1 Å². The Morgan fingerprint density at radius 2 is 1.75 bits per heavy atom. The molecule has 16 heavy (non-hydrogen) atoms. The van der Waals surface area contributed by atoms with Gasteiger partial charge in [0.2, 0.25) is 0 Å². The Hall–Kier alpha value is -1.81. The number of rotatable bonds is 3. The molecule has 1 aromatic heterocycles. The van der Waals surface area contributed by atoms with Gasteiger partial charge in [-0.25, -0.2) is 14.4 Å². The maximum Gasteiger partial charge on any atom is 0.123 e. The molecule has 2 rings (SSSR count). The minimum atomic E-state index is -0.660. The zero-order chi connectivity index (χ0) is 11.4. The first-order chi connectivity index (χ1) is 7.75. The summed E-state index contributed by atoms with van der Waals surface area (Å²) in [5.41, 5.74) is 1.53. The van der Waals surface area contributed by atoms with Crippen molar-refractivity contribution >= 4 is 0 Å². The van der Waals surface area contributed by atoms with Crippen LogP contribution in [0.1, 0.15) is 17.2 Å². The van der Waals surface area contributed by atoms with Gasteiger partial charge in [-0.15, -0.1) is 0 Å². The quantitative estimate of drug-likeness (QED) is 0.855. The molecule has 0 fully saturated rings. The highest BCUT2D eigenvalue weighted by Gasteiger charge is 2.08. The monoisotopic (exact) mass is 218 g/mol. The third-order valence-corrected chi connectivity index (χ3v) is 2.31. The second-order valence-corrected chi connectivity index (χ2v) is 3.52. The molecule has 0 aliphatic heterocycles. The highest BCUT2D eigenvalue weighted by atomic mass is 19.1. The van der Waals surface area contributed by atoms with Crippen LogP contribution in [-0.4, -0.2) is 15.1 Å². The highest BCUT2D eigenvalue weighted by Crippen LogP contribution is 2.16. The van der Waals surface area contributed by atoms with E-state index in [0.29, 0.717) is 12.0 Å². The molecule has 4 heteroatoms. The van der Waals surface area contributed by atoms with Gasteiger partial charge >= 0.3 is 0 Å². The third kappa shape index (κ3) is 2.61. The van der Waals surface area contributed by atoms with E-state index in [1.165, 1.54) is 18.5 Å². The van der Waals surface area contributed by atoms with Gasteiger partial charge in [0, 0.05) is 24.4 Å². The maximum atomic E-state index is 12.7. The SMILES string of the molecule is OC(Cc1ccc(F)cc1)c1cncnc1. The first-order valence-electron chi connectivity index (χ1n) is 4.93. The zero-order valence-corrected chi connectivity index (χ0v) is 8.55. The van der Waals surface area contributed by atoms with E-state index in [2.05, 4.69) is 9.97 Å². The van der Waals surface area contributed by atoms with Crippen LogP contribution in [0.15, 0.2) is 43.0 Å². The fourth-order valence-electron chi connectivity index (χ4n) is 1.44. The molecular formula is C12H11FN2O. The van der Waals surface area contributed by atoms with Crippen molar-refractivity contribution in [2.75, 3.05) is 0 Å². The van der Waals surface area contributed by atoms with E-state index in [1.807, 2.05) is 0 Å². The molecule has 0 saturated carbocycles. The lowest BCUT2D eigenvalue weighted by molar-refractivity contribution is 0.177. The number of aromatic nitrogens is 2.